The Morgan fingerprint density at radius 2 is 1.62 bits per heavy atom. The molecule has 0 saturated carbocycles. The van der Waals surface area contributed by atoms with Crippen LogP contribution in [0.15, 0.2) is 30.3 Å². The van der Waals surface area contributed by atoms with Gasteiger partial charge in [0.2, 0.25) is 0 Å². The van der Waals surface area contributed by atoms with Gasteiger partial charge in [-0.1, -0.05) is 30.3 Å². The molecule has 0 amide bonds. The molecule has 118 valence electrons. The maximum Gasteiger partial charge on any atom is 0.0156 e. The number of hydrogen-bond donors (Lipinski definition) is 1. The summed E-state index contributed by atoms with van der Waals surface area (Å²) in [4.78, 5) is 2.71. The standard InChI is InChI=1S/C19H32N2/c1-16-11-14-21(15-12-17(2)20-16)19(3,4)13-10-18-8-6-5-7-9-18/h5-9,16-17,20H,10-15H2,1-4H3. The van der Waals surface area contributed by atoms with Crippen LogP contribution >= 0.6 is 0 Å². The SMILES string of the molecule is CC1CCN(C(C)(C)CCc2ccccc2)CCC(C)N1. The van der Waals surface area contributed by atoms with E-state index < -0.39 is 0 Å². The van der Waals surface area contributed by atoms with Gasteiger partial charge in [0.15, 0.2) is 0 Å². The smallest absolute Gasteiger partial charge is 0.0156 e. The summed E-state index contributed by atoms with van der Waals surface area (Å²) in [5, 5.41) is 3.68. The summed E-state index contributed by atoms with van der Waals surface area (Å²) in [5.74, 6) is 0. The molecule has 0 bridgehead atoms. The van der Waals surface area contributed by atoms with Gasteiger partial charge in [-0.15, -0.1) is 0 Å². The summed E-state index contributed by atoms with van der Waals surface area (Å²) in [6, 6.07) is 12.2. The summed E-state index contributed by atoms with van der Waals surface area (Å²) in [7, 11) is 0. The summed E-state index contributed by atoms with van der Waals surface area (Å²) in [6.07, 6.45) is 4.90. The molecule has 1 heterocycles. The summed E-state index contributed by atoms with van der Waals surface area (Å²) in [5.41, 5.74) is 1.74. The highest BCUT2D eigenvalue weighted by atomic mass is 15.2. The summed E-state index contributed by atoms with van der Waals surface area (Å²) in [6.45, 7) is 11.9. The van der Waals surface area contributed by atoms with Crippen molar-refractivity contribution in [1.29, 1.82) is 0 Å². The highest BCUT2D eigenvalue weighted by Gasteiger charge is 2.28. The average molecular weight is 288 g/mol. The molecule has 2 rings (SSSR count). The van der Waals surface area contributed by atoms with E-state index in [-0.39, 0.29) is 5.54 Å². The lowest BCUT2D eigenvalue weighted by molar-refractivity contribution is 0.0910. The molecular weight excluding hydrogens is 256 g/mol. The van der Waals surface area contributed by atoms with Crippen molar-refractivity contribution in [1.82, 2.24) is 10.2 Å². The van der Waals surface area contributed by atoms with Gasteiger partial charge in [-0.2, -0.15) is 0 Å². The molecule has 1 N–H and O–H groups in total. The van der Waals surface area contributed by atoms with Gasteiger partial charge in [-0.05, 0) is 58.9 Å². The largest absolute Gasteiger partial charge is 0.312 e. The minimum absolute atomic E-state index is 0.284. The minimum Gasteiger partial charge on any atom is -0.312 e. The predicted molar refractivity (Wildman–Crippen MR) is 91.7 cm³/mol. The fraction of sp³-hybridized carbons (Fsp3) is 0.684. The quantitative estimate of drug-likeness (QED) is 0.905. The van der Waals surface area contributed by atoms with Gasteiger partial charge in [0.25, 0.3) is 0 Å². The third kappa shape index (κ3) is 5.12. The number of rotatable bonds is 4. The molecule has 2 atom stereocenters. The zero-order chi connectivity index (χ0) is 15.3. The second-order valence-corrected chi connectivity index (χ2v) is 7.33. The molecule has 1 aromatic rings. The molecule has 1 aromatic carbocycles. The van der Waals surface area contributed by atoms with Crippen molar-refractivity contribution in [2.45, 2.75) is 71.0 Å². The normalized spacial score (nSPS) is 25.3. The molecule has 1 saturated heterocycles. The van der Waals surface area contributed by atoms with Crippen molar-refractivity contribution in [3.05, 3.63) is 35.9 Å². The molecule has 2 heteroatoms. The van der Waals surface area contributed by atoms with Gasteiger partial charge in [0.1, 0.15) is 0 Å². The molecule has 1 aliphatic heterocycles. The van der Waals surface area contributed by atoms with Crippen molar-refractivity contribution >= 4 is 0 Å². The van der Waals surface area contributed by atoms with Gasteiger partial charge in [0.05, 0.1) is 0 Å². The second-order valence-electron chi connectivity index (χ2n) is 7.33. The van der Waals surface area contributed by atoms with E-state index in [1.54, 1.807) is 0 Å². The van der Waals surface area contributed by atoms with Crippen molar-refractivity contribution < 1.29 is 0 Å². The Kier molecular flexibility index (Phi) is 5.83. The molecule has 0 aliphatic carbocycles. The van der Waals surface area contributed by atoms with E-state index in [0.29, 0.717) is 12.1 Å². The number of aryl methyl sites for hydroxylation is 1. The van der Waals surface area contributed by atoms with E-state index >= 15 is 0 Å². The maximum atomic E-state index is 3.68. The van der Waals surface area contributed by atoms with E-state index in [9.17, 15) is 0 Å². The number of nitrogens with one attached hydrogen (secondary N) is 1. The third-order valence-corrected chi connectivity index (χ3v) is 4.96. The van der Waals surface area contributed by atoms with Crippen LogP contribution in [0.5, 0.6) is 0 Å². The first-order valence-electron chi connectivity index (χ1n) is 8.52. The lowest BCUT2D eigenvalue weighted by Gasteiger charge is -2.42. The van der Waals surface area contributed by atoms with Crippen LogP contribution < -0.4 is 5.32 Å². The third-order valence-electron chi connectivity index (χ3n) is 4.96. The molecule has 21 heavy (non-hydrogen) atoms. The van der Waals surface area contributed by atoms with Crippen molar-refractivity contribution in [2.75, 3.05) is 13.1 Å². The first-order valence-corrected chi connectivity index (χ1v) is 8.52. The van der Waals surface area contributed by atoms with E-state index in [2.05, 4.69) is 68.2 Å². The topological polar surface area (TPSA) is 15.3 Å². The van der Waals surface area contributed by atoms with Crippen molar-refractivity contribution in [3.8, 4) is 0 Å². The van der Waals surface area contributed by atoms with Crippen LogP contribution in [-0.2, 0) is 6.42 Å². The predicted octanol–water partition coefficient (Wildman–Crippen LogP) is 3.86. The Hall–Kier alpha value is -0.860. The highest BCUT2D eigenvalue weighted by Crippen LogP contribution is 2.23. The van der Waals surface area contributed by atoms with Crippen molar-refractivity contribution in [2.24, 2.45) is 0 Å². The fourth-order valence-electron chi connectivity index (χ4n) is 3.32. The van der Waals surface area contributed by atoms with Crippen LogP contribution in [0.2, 0.25) is 0 Å². The Bertz CT molecular complexity index is 401. The Balaban J connectivity index is 1.93. The second kappa shape index (κ2) is 7.42. The van der Waals surface area contributed by atoms with Gasteiger partial charge in [-0.25, -0.2) is 0 Å². The van der Waals surface area contributed by atoms with Crippen molar-refractivity contribution in [3.63, 3.8) is 0 Å². The van der Waals surface area contributed by atoms with Gasteiger partial charge < -0.3 is 5.32 Å². The van der Waals surface area contributed by atoms with Crippen LogP contribution in [0.1, 0.15) is 52.5 Å². The number of benzene rings is 1. The number of hydrogen-bond acceptors (Lipinski definition) is 2. The van der Waals surface area contributed by atoms with Gasteiger partial charge in [-0.3, -0.25) is 4.90 Å². The van der Waals surface area contributed by atoms with Gasteiger partial charge >= 0.3 is 0 Å². The Labute approximate surface area is 130 Å². The molecule has 0 spiro atoms. The molecule has 0 aromatic heterocycles. The minimum atomic E-state index is 0.284. The lowest BCUT2D eigenvalue weighted by atomic mass is 9.92. The zero-order valence-electron chi connectivity index (χ0n) is 14.2. The van der Waals surface area contributed by atoms with Crippen LogP contribution in [0.25, 0.3) is 0 Å². The maximum absolute atomic E-state index is 3.68. The fourth-order valence-corrected chi connectivity index (χ4v) is 3.32. The van der Waals surface area contributed by atoms with E-state index in [1.807, 2.05) is 0 Å². The number of nitrogens with zero attached hydrogens (tertiary/aromatic N) is 1. The lowest BCUT2D eigenvalue weighted by Crippen LogP contribution is -2.50. The van der Waals surface area contributed by atoms with E-state index in [1.165, 1.54) is 44.3 Å². The zero-order valence-corrected chi connectivity index (χ0v) is 14.2. The van der Waals surface area contributed by atoms with Crippen LogP contribution in [0.3, 0.4) is 0 Å². The average Bonchev–Trinajstić information content (AvgIpc) is 2.44. The molecular formula is C19H32N2. The highest BCUT2D eigenvalue weighted by molar-refractivity contribution is 5.15. The molecule has 1 fully saturated rings. The molecule has 0 radical (unpaired) electrons. The Morgan fingerprint density at radius 3 is 2.19 bits per heavy atom. The Morgan fingerprint density at radius 1 is 1.05 bits per heavy atom. The molecule has 2 nitrogen and oxygen atoms in total. The summed E-state index contributed by atoms with van der Waals surface area (Å²) < 4.78 is 0. The monoisotopic (exact) mass is 288 g/mol. The van der Waals surface area contributed by atoms with Crippen LogP contribution in [0.4, 0.5) is 0 Å². The molecule has 1 aliphatic rings. The van der Waals surface area contributed by atoms with Crippen LogP contribution in [0, 0.1) is 0 Å². The summed E-state index contributed by atoms with van der Waals surface area (Å²) >= 11 is 0. The van der Waals surface area contributed by atoms with Crippen LogP contribution in [-0.4, -0.2) is 35.6 Å². The van der Waals surface area contributed by atoms with E-state index in [0.717, 1.165) is 0 Å². The van der Waals surface area contributed by atoms with Gasteiger partial charge in [0, 0.05) is 30.7 Å². The van der Waals surface area contributed by atoms with E-state index in [4.69, 9.17) is 0 Å². The molecule has 2 unspecified atom stereocenters. The first kappa shape index (κ1) is 16.5. The first-order chi connectivity index (χ1) is 9.97.